The molecule has 6 heteroatoms. The van der Waals surface area contributed by atoms with Crippen LogP contribution in [0.3, 0.4) is 0 Å². The number of carbonyl (C=O) groups is 1. The van der Waals surface area contributed by atoms with Gasteiger partial charge < -0.3 is 9.64 Å². The first-order valence-corrected chi connectivity index (χ1v) is 8.96. The standard InChI is InChI=1S/C19H24F3NO2/c1-13-10-16(12-23(11-13)18(24)15-4-2-3-5-15)14-6-8-17(9-7-14)25-19(20,21)22/h6-9,13,15-16H,2-5,10-12H2,1H3. The fourth-order valence-electron chi connectivity index (χ4n) is 4.15. The van der Waals surface area contributed by atoms with Gasteiger partial charge in [0.15, 0.2) is 0 Å². The molecule has 2 aliphatic rings. The summed E-state index contributed by atoms with van der Waals surface area (Å²) in [5.74, 6) is 0.753. The predicted molar refractivity (Wildman–Crippen MR) is 88.2 cm³/mol. The smallest absolute Gasteiger partial charge is 0.406 e. The Bertz CT molecular complexity index is 594. The zero-order valence-electron chi connectivity index (χ0n) is 14.4. The lowest BCUT2D eigenvalue weighted by atomic mass is 9.85. The molecule has 1 heterocycles. The lowest BCUT2D eigenvalue weighted by molar-refractivity contribution is -0.274. The number of alkyl halides is 3. The van der Waals surface area contributed by atoms with Crippen molar-refractivity contribution in [3.05, 3.63) is 29.8 Å². The van der Waals surface area contributed by atoms with Crippen molar-refractivity contribution in [3.63, 3.8) is 0 Å². The normalized spacial score (nSPS) is 25.2. The molecule has 0 aromatic heterocycles. The number of hydrogen-bond acceptors (Lipinski definition) is 2. The molecular formula is C19H24F3NO2. The highest BCUT2D eigenvalue weighted by Gasteiger charge is 2.34. The van der Waals surface area contributed by atoms with Crippen molar-refractivity contribution in [1.82, 2.24) is 4.90 Å². The van der Waals surface area contributed by atoms with Crippen LogP contribution in [-0.2, 0) is 4.79 Å². The Morgan fingerprint density at radius 3 is 2.36 bits per heavy atom. The summed E-state index contributed by atoms with van der Waals surface area (Å²) in [5, 5.41) is 0. The van der Waals surface area contributed by atoms with Gasteiger partial charge in [-0.05, 0) is 42.9 Å². The van der Waals surface area contributed by atoms with Crippen LogP contribution < -0.4 is 4.74 Å². The molecule has 0 spiro atoms. The number of halogens is 3. The van der Waals surface area contributed by atoms with E-state index in [9.17, 15) is 18.0 Å². The maximum Gasteiger partial charge on any atom is 0.573 e. The van der Waals surface area contributed by atoms with Gasteiger partial charge in [-0.1, -0.05) is 31.9 Å². The van der Waals surface area contributed by atoms with Crippen LogP contribution in [0, 0.1) is 11.8 Å². The average Bonchev–Trinajstić information content (AvgIpc) is 3.07. The zero-order chi connectivity index (χ0) is 18.0. The number of rotatable bonds is 3. The molecular weight excluding hydrogens is 331 g/mol. The van der Waals surface area contributed by atoms with E-state index in [4.69, 9.17) is 0 Å². The molecule has 1 amide bonds. The topological polar surface area (TPSA) is 29.5 Å². The summed E-state index contributed by atoms with van der Waals surface area (Å²) in [6, 6.07) is 6.07. The average molecular weight is 355 g/mol. The third-order valence-electron chi connectivity index (χ3n) is 5.26. The summed E-state index contributed by atoms with van der Waals surface area (Å²) in [7, 11) is 0. The number of carbonyl (C=O) groups excluding carboxylic acids is 1. The van der Waals surface area contributed by atoms with E-state index in [1.54, 1.807) is 12.1 Å². The highest BCUT2D eigenvalue weighted by Crippen LogP contribution is 2.34. The van der Waals surface area contributed by atoms with Gasteiger partial charge in [-0.2, -0.15) is 0 Å². The molecule has 1 aromatic carbocycles. The molecule has 0 radical (unpaired) electrons. The minimum atomic E-state index is -4.68. The Morgan fingerprint density at radius 1 is 1.12 bits per heavy atom. The summed E-state index contributed by atoms with van der Waals surface area (Å²) >= 11 is 0. The maximum atomic E-state index is 12.7. The second-order valence-electron chi connectivity index (χ2n) is 7.38. The number of benzene rings is 1. The number of nitrogens with zero attached hydrogens (tertiary/aromatic N) is 1. The van der Waals surface area contributed by atoms with Gasteiger partial charge in [0.25, 0.3) is 0 Å². The molecule has 2 atom stereocenters. The highest BCUT2D eigenvalue weighted by molar-refractivity contribution is 5.79. The van der Waals surface area contributed by atoms with Gasteiger partial charge in [0.2, 0.25) is 5.91 Å². The van der Waals surface area contributed by atoms with Crippen molar-refractivity contribution in [2.24, 2.45) is 11.8 Å². The molecule has 2 unspecified atom stereocenters. The summed E-state index contributed by atoms with van der Waals surface area (Å²) < 4.78 is 40.7. The molecule has 2 fully saturated rings. The second-order valence-corrected chi connectivity index (χ2v) is 7.38. The fraction of sp³-hybridized carbons (Fsp3) is 0.632. The first-order chi connectivity index (χ1) is 11.8. The van der Waals surface area contributed by atoms with E-state index < -0.39 is 6.36 Å². The molecule has 3 rings (SSSR count). The monoisotopic (exact) mass is 355 g/mol. The minimum absolute atomic E-state index is 0.161. The number of ether oxygens (including phenoxy) is 1. The van der Waals surface area contributed by atoms with Crippen molar-refractivity contribution in [1.29, 1.82) is 0 Å². The van der Waals surface area contributed by atoms with Gasteiger partial charge >= 0.3 is 6.36 Å². The zero-order valence-corrected chi connectivity index (χ0v) is 14.4. The molecule has 1 aliphatic carbocycles. The quantitative estimate of drug-likeness (QED) is 0.785. The summed E-state index contributed by atoms with van der Waals surface area (Å²) in [4.78, 5) is 14.7. The molecule has 3 nitrogen and oxygen atoms in total. The van der Waals surface area contributed by atoms with E-state index in [1.165, 1.54) is 12.1 Å². The van der Waals surface area contributed by atoms with E-state index >= 15 is 0 Å². The number of likely N-dealkylation sites (tertiary alicyclic amines) is 1. The van der Waals surface area contributed by atoms with Crippen molar-refractivity contribution in [2.75, 3.05) is 13.1 Å². The maximum absolute atomic E-state index is 12.7. The van der Waals surface area contributed by atoms with Crippen molar-refractivity contribution >= 4 is 5.91 Å². The largest absolute Gasteiger partial charge is 0.573 e. The molecule has 138 valence electrons. The molecule has 0 N–H and O–H groups in total. The minimum Gasteiger partial charge on any atom is -0.406 e. The van der Waals surface area contributed by atoms with Crippen LogP contribution in [0.25, 0.3) is 0 Å². The Kier molecular flexibility index (Phi) is 5.25. The van der Waals surface area contributed by atoms with Gasteiger partial charge in [0, 0.05) is 24.9 Å². The summed E-state index contributed by atoms with van der Waals surface area (Å²) in [5.41, 5.74) is 0.963. The third kappa shape index (κ3) is 4.67. The van der Waals surface area contributed by atoms with Gasteiger partial charge in [0.05, 0.1) is 0 Å². The van der Waals surface area contributed by atoms with Crippen molar-refractivity contribution in [3.8, 4) is 5.75 Å². The first-order valence-electron chi connectivity index (χ1n) is 8.96. The summed E-state index contributed by atoms with van der Waals surface area (Å²) in [6.07, 6.45) is 0.489. The van der Waals surface area contributed by atoms with Crippen LogP contribution in [0.15, 0.2) is 24.3 Å². The van der Waals surface area contributed by atoms with E-state index in [1.807, 2.05) is 4.90 Å². The SMILES string of the molecule is CC1CC(c2ccc(OC(F)(F)F)cc2)CN(C(=O)C2CCCC2)C1. The van der Waals surface area contributed by atoms with Crippen molar-refractivity contribution < 1.29 is 22.7 Å². The van der Waals surface area contributed by atoms with Crippen LogP contribution >= 0.6 is 0 Å². The first kappa shape index (κ1) is 18.1. The van der Waals surface area contributed by atoms with Crippen LogP contribution in [0.2, 0.25) is 0 Å². The molecule has 25 heavy (non-hydrogen) atoms. The van der Waals surface area contributed by atoms with Crippen LogP contribution in [0.1, 0.15) is 50.5 Å². The van der Waals surface area contributed by atoms with E-state index in [2.05, 4.69) is 11.7 Å². The Hall–Kier alpha value is -1.72. The number of amides is 1. The molecule has 1 saturated carbocycles. The lowest BCUT2D eigenvalue weighted by Crippen LogP contribution is -2.44. The van der Waals surface area contributed by atoms with E-state index in [0.29, 0.717) is 12.5 Å². The molecule has 1 aromatic rings. The second kappa shape index (κ2) is 7.26. The van der Waals surface area contributed by atoms with Crippen molar-refractivity contribution in [2.45, 2.75) is 51.3 Å². The van der Waals surface area contributed by atoms with Gasteiger partial charge in [-0.15, -0.1) is 13.2 Å². The van der Waals surface area contributed by atoms with Crippen LogP contribution in [0.5, 0.6) is 5.75 Å². The lowest BCUT2D eigenvalue weighted by Gasteiger charge is -2.38. The van der Waals surface area contributed by atoms with E-state index in [0.717, 1.165) is 44.2 Å². The molecule has 1 aliphatic heterocycles. The number of piperidine rings is 1. The Labute approximate surface area is 146 Å². The molecule has 0 bridgehead atoms. The van der Waals surface area contributed by atoms with Gasteiger partial charge in [-0.3, -0.25) is 4.79 Å². The fourth-order valence-corrected chi connectivity index (χ4v) is 4.15. The Morgan fingerprint density at radius 2 is 1.76 bits per heavy atom. The highest BCUT2D eigenvalue weighted by atomic mass is 19.4. The van der Waals surface area contributed by atoms with Gasteiger partial charge in [0.1, 0.15) is 5.75 Å². The Balaban J connectivity index is 1.67. The van der Waals surface area contributed by atoms with Crippen LogP contribution in [0.4, 0.5) is 13.2 Å². The summed E-state index contributed by atoms with van der Waals surface area (Å²) in [6.45, 7) is 3.56. The van der Waals surface area contributed by atoms with E-state index in [-0.39, 0.29) is 23.5 Å². The van der Waals surface area contributed by atoms with Gasteiger partial charge in [-0.25, -0.2) is 0 Å². The predicted octanol–water partition coefficient (Wildman–Crippen LogP) is 4.73. The number of hydrogen-bond donors (Lipinski definition) is 0. The molecule has 1 saturated heterocycles. The third-order valence-corrected chi connectivity index (χ3v) is 5.26. The van der Waals surface area contributed by atoms with Crippen LogP contribution in [-0.4, -0.2) is 30.3 Å².